The van der Waals surface area contributed by atoms with Crippen LogP contribution in [0.5, 0.6) is 5.75 Å². The second kappa shape index (κ2) is 10.7. The van der Waals surface area contributed by atoms with Gasteiger partial charge in [-0.25, -0.2) is 17.8 Å². The molecule has 0 radical (unpaired) electrons. The molecule has 0 amide bonds. The fourth-order valence-electron chi connectivity index (χ4n) is 4.02. The van der Waals surface area contributed by atoms with Gasteiger partial charge in [0, 0.05) is 22.9 Å². The summed E-state index contributed by atoms with van der Waals surface area (Å²) in [4.78, 5) is 5.36. The zero-order valence-electron chi connectivity index (χ0n) is 22.1. The molecular weight excluding hydrogens is 521 g/mol. The molecule has 0 aliphatic carbocycles. The maximum absolute atomic E-state index is 14.8. The highest BCUT2D eigenvalue weighted by atomic mass is 32.2. The first-order valence-corrected chi connectivity index (χ1v) is 14.5. The van der Waals surface area contributed by atoms with Crippen LogP contribution in [-0.2, 0) is 10.0 Å². The van der Waals surface area contributed by atoms with Crippen molar-refractivity contribution in [3.05, 3.63) is 77.6 Å². The Morgan fingerprint density at radius 3 is 2.37 bits per heavy atom. The molecule has 0 fully saturated rings. The first kappa shape index (κ1) is 27.6. The average Bonchev–Trinajstić information content (AvgIpc) is 3.20. The topological polar surface area (TPSA) is 94.3 Å². The minimum atomic E-state index is -3.95. The van der Waals surface area contributed by atoms with Crippen molar-refractivity contribution in [2.75, 3.05) is 17.1 Å². The van der Waals surface area contributed by atoms with E-state index in [0.29, 0.717) is 34.2 Å². The summed E-state index contributed by atoms with van der Waals surface area (Å²) in [6, 6.07) is 16.5. The lowest BCUT2D eigenvalue weighted by molar-refractivity contribution is 0.242. The van der Waals surface area contributed by atoms with E-state index >= 15 is 0 Å². The Kier molecular flexibility index (Phi) is 7.80. The summed E-state index contributed by atoms with van der Waals surface area (Å²) in [5.74, 6) is -0.0389. The van der Waals surface area contributed by atoms with Crippen LogP contribution < -0.4 is 15.2 Å². The molecule has 0 saturated carbocycles. The number of aryl methyl sites for hydroxylation is 2. The van der Waals surface area contributed by atoms with Crippen LogP contribution in [0.3, 0.4) is 0 Å². The third-order valence-corrected chi connectivity index (χ3v) is 8.48. The van der Waals surface area contributed by atoms with Crippen LogP contribution >= 0.6 is 11.3 Å². The molecule has 0 atom stereocenters. The summed E-state index contributed by atoms with van der Waals surface area (Å²) < 4.78 is 49.5. The Hall–Kier alpha value is -3.43. The molecule has 4 rings (SSSR count). The van der Waals surface area contributed by atoms with E-state index in [2.05, 4.69) is 25.5 Å². The van der Waals surface area contributed by atoms with Crippen molar-refractivity contribution in [2.24, 2.45) is 5.41 Å². The highest BCUT2D eigenvalue weighted by Gasteiger charge is 2.23. The smallest absolute Gasteiger partial charge is 0.263 e. The third-order valence-electron chi connectivity index (χ3n) is 5.99. The lowest BCUT2D eigenvalue weighted by Crippen LogP contribution is -2.13. The summed E-state index contributed by atoms with van der Waals surface area (Å²) in [6.45, 7) is 10.7. The molecule has 3 aromatic carbocycles. The second-order valence-corrected chi connectivity index (χ2v) is 13.2. The van der Waals surface area contributed by atoms with Crippen LogP contribution in [0, 0.1) is 25.1 Å². The number of hydrogen-bond donors (Lipinski definition) is 2. The lowest BCUT2D eigenvalue weighted by Gasteiger charge is -2.18. The summed E-state index contributed by atoms with van der Waals surface area (Å²) in [7, 11) is -3.95. The molecule has 1 heterocycles. The average molecular weight is 554 g/mol. The summed E-state index contributed by atoms with van der Waals surface area (Å²) in [6.07, 6.45) is 0.809. The van der Waals surface area contributed by atoms with Crippen LogP contribution in [-0.4, -0.2) is 20.0 Å². The Morgan fingerprint density at radius 2 is 1.71 bits per heavy atom. The van der Waals surface area contributed by atoms with Gasteiger partial charge in [0.2, 0.25) is 0 Å². The summed E-state index contributed by atoms with van der Waals surface area (Å²) in [5, 5.41) is 0.166. The van der Waals surface area contributed by atoms with E-state index in [4.69, 9.17) is 15.5 Å². The minimum Gasteiger partial charge on any atom is -0.493 e. The molecule has 0 bridgehead atoms. The maximum Gasteiger partial charge on any atom is 0.263 e. The zero-order chi connectivity index (χ0) is 27.7. The van der Waals surface area contributed by atoms with Gasteiger partial charge in [0.25, 0.3) is 10.0 Å². The molecule has 9 heteroatoms. The Balaban J connectivity index is 1.80. The first-order chi connectivity index (χ1) is 17.8. The van der Waals surface area contributed by atoms with Crippen LogP contribution in [0.1, 0.15) is 38.3 Å². The number of sulfonamides is 1. The van der Waals surface area contributed by atoms with Crippen molar-refractivity contribution in [3.63, 3.8) is 0 Å². The molecule has 6 nitrogen and oxygen atoms in total. The van der Waals surface area contributed by atoms with Crippen LogP contribution in [0.25, 0.3) is 21.7 Å². The number of benzene rings is 3. The Bertz CT molecular complexity index is 1550. The number of halogens is 1. The quantitative estimate of drug-likeness (QED) is 0.221. The maximum atomic E-state index is 14.8. The van der Waals surface area contributed by atoms with Crippen LogP contribution in [0.2, 0.25) is 0 Å². The second-order valence-electron chi connectivity index (χ2n) is 10.5. The largest absolute Gasteiger partial charge is 0.493 e. The minimum absolute atomic E-state index is 0.0307. The number of nitrogens with two attached hydrogens (primary N) is 1. The standard InChI is InChI=1S/C29H32FN3O3S2/c1-18-8-6-9-19(2)25(18)26-27(20-14-21(30)16-23(15-20)36-13-12-29(3,4)5)37-28(32-26)33-38(34,35)24-11-7-10-22(31)17-24/h6-11,14-17H,12-13,31H2,1-5H3,(H,32,33). The molecule has 1 aromatic heterocycles. The number of thiazole rings is 1. The van der Waals surface area contributed by atoms with Crippen molar-refractivity contribution >= 4 is 32.2 Å². The number of nitrogens with zero attached hydrogens (tertiary/aromatic N) is 1. The number of rotatable bonds is 8. The van der Waals surface area contributed by atoms with E-state index in [1.54, 1.807) is 18.2 Å². The highest BCUT2D eigenvalue weighted by Crippen LogP contribution is 2.43. The molecule has 0 saturated heterocycles. The molecule has 0 aliphatic rings. The number of ether oxygens (including phenoxy) is 1. The zero-order valence-corrected chi connectivity index (χ0v) is 23.8. The number of anilines is 2. The predicted octanol–water partition coefficient (Wildman–Crippen LogP) is 7.43. The summed E-state index contributed by atoms with van der Waals surface area (Å²) >= 11 is 1.14. The van der Waals surface area contributed by atoms with Gasteiger partial charge < -0.3 is 10.5 Å². The van der Waals surface area contributed by atoms with Gasteiger partial charge in [0.15, 0.2) is 5.13 Å². The van der Waals surface area contributed by atoms with Crippen molar-refractivity contribution in [2.45, 2.75) is 45.9 Å². The molecular formula is C29H32FN3O3S2. The van der Waals surface area contributed by atoms with E-state index in [1.165, 1.54) is 24.3 Å². The van der Waals surface area contributed by atoms with Crippen LogP contribution in [0.15, 0.2) is 65.6 Å². The number of nitrogens with one attached hydrogen (secondary N) is 1. The SMILES string of the molecule is Cc1cccc(C)c1-c1nc(NS(=O)(=O)c2cccc(N)c2)sc1-c1cc(F)cc(OCCC(C)(C)C)c1. The van der Waals surface area contributed by atoms with E-state index in [1.807, 2.05) is 32.0 Å². The van der Waals surface area contributed by atoms with Gasteiger partial charge in [-0.05, 0) is 67.1 Å². The van der Waals surface area contributed by atoms with Crippen LogP contribution in [0.4, 0.5) is 15.2 Å². The number of hydrogen-bond acceptors (Lipinski definition) is 6. The normalized spacial score (nSPS) is 11.9. The van der Waals surface area contributed by atoms with Crippen molar-refractivity contribution in [1.29, 1.82) is 0 Å². The van der Waals surface area contributed by atoms with Crippen molar-refractivity contribution in [1.82, 2.24) is 4.98 Å². The van der Waals surface area contributed by atoms with E-state index in [0.717, 1.165) is 34.4 Å². The van der Waals surface area contributed by atoms with Gasteiger partial charge in [-0.1, -0.05) is 56.4 Å². The van der Waals surface area contributed by atoms with Crippen molar-refractivity contribution in [3.8, 4) is 27.4 Å². The lowest BCUT2D eigenvalue weighted by atomic mass is 9.93. The molecule has 4 aromatic rings. The molecule has 0 spiro atoms. The van der Waals surface area contributed by atoms with E-state index in [-0.39, 0.29) is 15.4 Å². The van der Waals surface area contributed by atoms with Gasteiger partial charge in [-0.15, -0.1) is 0 Å². The first-order valence-electron chi connectivity index (χ1n) is 12.2. The monoisotopic (exact) mass is 553 g/mol. The number of aromatic nitrogens is 1. The Labute approximate surface area is 227 Å². The van der Waals surface area contributed by atoms with Gasteiger partial charge in [-0.2, -0.15) is 0 Å². The molecule has 200 valence electrons. The number of nitrogen functional groups attached to an aromatic ring is 1. The fourth-order valence-corrected chi connectivity index (χ4v) is 6.27. The Morgan fingerprint density at radius 1 is 1.03 bits per heavy atom. The van der Waals surface area contributed by atoms with Gasteiger partial charge in [0.05, 0.1) is 22.1 Å². The molecule has 3 N–H and O–H groups in total. The molecule has 0 unspecified atom stereocenters. The van der Waals surface area contributed by atoms with Gasteiger partial charge in [-0.3, -0.25) is 4.72 Å². The molecule has 0 aliphatic heterocycles. The fraction of sp³-hybridized carbons (Fsp3) is 0.276. The van der Waals surface area contributed by atoms with E-state index < -0.39 is 15.8 Å². The highest BCUT2D eigenvalue weighted by molar-refractivity contribution is 7.93. The predicted molar refractivity (Wildman–Crippen MR) is 154 cm³/mol. The van der Waals surface area contributed by atoms with Gasteiger partial charge >= 0.3 is 0 Å². The van der Waals surface area contributed by atoms with Gasteiger partial charge in [0.1, 0.15) is 11.6 Å². The molecule has 38 heavy (non-hydrogen) atoms. The van der Waals surface area contributed by atoms with Crippen molar-refractivity contribution < 1.29 is 17.5 Å². The third kappa shape index (κ3) is 6.52. The van der Waals surface area contributed by atoms with E-state index in [9.17, 15) is 12.8 Å². The summed E-state index contributed by atoms with van der Waals surface area (Å²) in [5.41, 5.74) is 10.2.